The first-order chi connectivity index (χ1) is 10.3. The van der Waals surface area contributed by atoms with Crippen LogP contribution in [0.4, 0.5) is 0 Å². The Morgan fingerprint density at radius 1 is 1.10 bits per heavy atom. The van der Waals surface area contributed by atoms with Gasteiger partial charge in [0, 0.05) is 11.5 Å². The third-order valence-electron chi connectivity index (χ3n) is 4.70. The average Bonchev–Trinajstić information content (AvgIpc) is 2.55. The molecule has 0 fully saturated rings. The predicted molar refractivity (Wildman–Crippen MR) is 86.7 cm³/mol. The second-order valence-electron chi connectivity index (χ2n) is 5.86. The molecule has 0 aliphatic heterocycles. The maximum atomic E-state index is 6.13. The van der Waals surface area contributed by atoms with Crippen molar-refractivity contribution >= 4 is 0 Å². The minimum atomic E-state index is 0.394. The van der Waals surface area contributed by atoms with Crippen molar-refractivity contribution in [3.8, 4) is 5.75 Å². The summed E-state index contributed by atoms with van der Waals surface area (Å²) in [6.45, 7) is 0.685. The summed E-state index contributed by atoms with van der Waals surface area (Å²) in [7, 11) is 1.75. The van der Waals surface area contributed by atoms with E-state index in [9.17, 15) is 0 Å². The van der Waals surface area contributed by atoms with Crippen LogP contribution in [-0.4, -0.2) is 13.7 Å². The zero-order valence-corrected chi connectivity index (χ0v) is 12.6. The van der Waals surface area contributed by atoms with Crippen LogP contribution in [0.15, 0.2) is 48.5 Å². The molecule has 1 aliphatic carbocycles. The summed E-state index contributed by atoms with van der Waals surface area (Å²) in [4.78, 5) is 0. The molecule has 110 valence electrons. The molecule has 0 saturated heterocycles. The van der Waals surface area contributed by atoms with Crippen molar-refractivity contribution in [1.82, 2.24) is 0 Å². The zero-order chi connectivity index (χ0) is 14.7. The molecule has 3 rings (SSSR count). The van der Waals surface area contributed by atoms with Gasteiger partial charge in [-0.1, -0.05) is 42.5 Å². The van der Waals surface area contributed by atoms with Gasteiger partial charge in [0.15, 0.2) is 0 Å². The van der Waals surface area contributed by atoms with Crippen LogP contribution in [0.3, 0.4) is 0 Å². The number of methoxy groups -OCH3 is 1. The van der Waals surface area contributed by atoms with E-state index in [1.807, 2.05) is 0 Å². The summed E-state index contributed by atoms with van der Waals surface area (Å²) < 4.78 is 5.59. The fourth-order valence-electron chi connectivity index (χ4n) is 3.66. The summed E-state index contributed by atoms with van der Waals surface area (Å²) in [5.41, 5.74) is 10.3. The Morgan fingerprint density at radius 2 is 1.90 bits per heavy atom. The Hall–Kier alpha value is -1.80. The molecule has 2 N–H and O–H groups in total. The molecule has 2 atom stereocenters. The molecule has 2 unspecified atom stereocenters. The van der Waals surface area contributed by atoms with Gasteiger partial charge in [-0.05, 0) is 48.9 Å². The lowest BCUT2D eigenvalue weighted by Crippen LogP contribution is -2.29. The molecule has 0 spiro atoms. The second kappa shape index (κ2) is 6.31. The Kier molecular flexibility index (Phi) is 4.26. The van der Waals surface area contributed by atoms with Crippen molar-refractivity contribution in [2.75, 3.05) is 13.7 Å². The van der Waals surface area contributed by atoms with E-state index in [0.29, 0.717) is 18.4 Å². The Morgan fingerprint density at radius 3 is 2.62 bits per heavy atom. The topological polar surface area (TPSA) is 35.2 Å². The van der Waals surface area contributed by atoms with E-state index in [-0.39, 0.29) is 0 Å². The van der Waals surface area contributed by atoms with Crippen LogP contribution in [0.5, 0.6) is 5.75 Å². The van der Waals surface area contributed by atoms with Gasteiger partial charge < -0.3 is 10.5 Å². The highest BCUT2D eigenvalue weighted by molar-refractivity contribution is 5.45. The van der Waals surface area contributed by atoms with Gasteiger partial charge in [0.25, 0.3) is 0 Å². The van der Waals surface area contributed by atoms with Crippen LogP contribution < -0.4 is 10.5 Å². The SMILES string of the molecule is COc1cccc2c1C(CN)C(Cc1ccccc1)CC2. The monoisotopic (exact) mass is 281 g/mol. The normalized spacial score (nSPS) is 20.9. The maximum Gasteiger partial charge on any atom is 0.122 e. The van der Waals surface area contributed by atoms with Crippen molar-refractivity contribution in [1.29, 1.82) is 0 Å². The Labute approximate surface area is 126 Å². The first-order valence-corrected chi connectivity index (χ1v) is 7.73. The zero-order valence-electron chi connectivity index (χ0n) is 12.6. The third-order valence-corrected chi connectivity index (χ3v) is 4.70. The van der Waals surface area contributed by atoms with Gasteiger partial charge in [0.1, 0.15) is 5.75 Å². The van der Waals surface area contributed by atoms with Crippen LogP contribution in [0.25, 0.3) is 0 Å². The van der Waals surface area contributed by atoms with Gasteiger partial charge in [0.2, 0.25) is 0 Å². The molecule has 2 nitrogen and oxygen atoms in total. The summed E-state index contributed by atoms with van der Waals surface area (Å²) in [5.74, 6) is 1.99. The number of hydrogen-bond donors (Lipinski definition) is 1. The average molecular weight is 281 g/mol. The molecule has 0 heterocycles. The van der Waals surface area contributed by atoms with Gasteiger partial charge in [-0.3, -0.25) is 0 Å². The standard InChI is InChI=1S/C19H23NO/c1-21-18-9-5-8-15-10-11-16(17(13-20)19(15)18)12-14-6-3-2-4-7-14/h2-9,16-17H,10-13,20H2,1H3. The van der Waals surface area contributed by atoms with Crippen molar-refractivity contribution in [2.45, 2.75) is 25.2 Å². The van der Waals surface area contributed by atoms with Gasteiger partial charge in [0.05, 0.1) is 7.11 Å². The largest absolute Gasteiger partial charge is 0.496 e. The number of aryl methyl sites for hydroxylation is 1. The lowest BCUT2D eigenvalue weighted by Gasteiger charge is -2.34. The molecule has 0 bridgehead atoms. The van der Waals surface area contributed by atoms with E-state index in [2.05, 4.69) is 48.5 Å². The summed E-state index contributed by atoms with van der Waals surface area (Å²) >= 11 is 0. The molecule has 2 heteroatoms. The molecule has 2 aromatic carbocycles. The van der Waals surface area contributed by atoms with Gasteiger partial charge >= 0.3 is 0 Å². The van der Waals surface area contributed by atoms with Crippen LogP contribution in [-0.2, 0) is 12.8 Å². The lowest BCUT2D eigenvalue weighted by molar-refractivity contribution is 0.348. The number of ether oxygens (including phenoxy) is 1. The van der Waals surface area contributed by atoms with Crippen molar-refractivity contribution in [2.24, 2.45) is 11.7 Å². The fraction of sp³-hybridized carbons (Fsp3) is 0.368. The minimum absolute atomic E-state index is 0.394. The smallest absolute Gasteiger partial charge is 0.122 e. The van der Waals surface area contributed by atoms with Crippen LogP contribution in [0.1, 0.15) is 29.0 Å². The number of benzene rings is 2. The van der Waals surface area contributed by atoms with Crippen molar-refractivity contribution < 1.29 is 4.74 Å². The molecule has 0 amide bonds. The molecular formula is C19H23NO. The first kappa shape index (κ1) is 14.2. The number of nitrogens with two attached hydrogens (primary N) is 1. The van der Waals surface area contributed by atoms with E-state index in [1.54, 1.807) is 7.11 Å². The number of fused-ring (bicyclic) bond motifs is 1. The van der Waals surface area contributed by atoms with Gasteiger partial charge in [-0.2, -0.15) is 0 Å². The predicted octanol–water partition coefficient (Wildman–Crippen LogP) is 3.54. The molecule has 0 radical (unpaired) electrons. The van der Waals surface area contributed by atoms with Gasteiger partial charge in [-0.15, -0.1) is 0 Å². The molecule has 0 aromatic heterocycles. The summed E-state index contributed by atoms with van der Waals surface area (Å²) in [6, 6.07) is 17.1. The molecule has 2 aromatic rings. The van der Waals surface area contributed by atoms with Gasteiger partial charge in [-0.25, -0.2) is 0 Å². The van der Waals surface area contributed by atoms with Crippen molar-refractivity contribution in [3.63, 3.8) is 0 Å². The highest BCUT2D eigenvalue weighted by Crippen LogP contribution is 2.42. The van der Waals surface area contributed by atoms with E-state index in [1.165, 1.54) is 23.1 Å². The van der Waals surface area contributed by atoms with E-state index < -0.39 is 0 Å². The summed E-state index contributed by atoms with van der Waals surface area (Å²) in [6.07, 6.45) is 3.43. The number of rotatable bonds is 4. The number of hydrogen-bond acceptors (Lipinski definition) is 2. The third kappa shape index (κ3) is 2.81. The minimum Gasteiger partial charge on any atom is -0.496 e. The van der Waals surface area contributed by atoms with Crippen LogP contribution in [0.2, 0.25) is 0 Å². The van der Waals surface area contributed by atoms with E-state index in [0.717, 1.165) is 18.6 Å². The molecule has 21 heavy (non-hydrogen) atoms. The van der Waals surface area contributed by atoms with Crippen LogP contribution in [0, 0.1) is 5.92 Å². The highest BCUT2D eigenvalue weighted by Gasteiger charge is 2.31. The highest BCUT2D eigenvalue weighted by atomic mass is 16.5. The Balaban J connectivity index is 1.91. The van der Waals surface area contributed by atoms with Crippen LogP contribution >= 0.6 is 0 Å². The van der Waals surface area contributed by atoms with E-state index in [4.69, 9.17) is 10.5 Å². The molecule has 0 saturated carbocycles. The maximum absolute atomic E-state index is 6.13. The first-order valence-electron chi connectivity index (χ1n) is 7.73. The summed E-state index contributed by atoms with van der Waals surface area (Å²) in [5, 5.41) is 0. The molecular weight excluding hydrogens is 258 g/mol. The fourth-order valence-corrected chi connectivity index (χ4v) is 3.66. The Bertz CT molecular complexity index is 580. The second-order valence-corrected chi connectivity index (χ2v) is 5.86. The van der Waals surface area contributed by atoms with E-state index >= 15 is 0 Å². The lowest BCUT2D eigenvalue weighted by atomic mass is 9.72. The quantitative estimate of drug-likeness (QED) is 0.930. The van der Waals surface area contributed by atoms with Crippen molar-refractivity contribution in [3.05, 3.63) is 65.2 Å². The molecule has 1 aliphatic rings.